The summed E-state index contributed by atoms with van der Waals surface area (Å²) in [6.07, 6.45) is 4.63. The van der Waals surface area contributed by atoms with Crippen LogP contribution in [0.2, 0.25) is 10.0 Å². The van der Waals surface area contributed by atoms with Crippen molar-refractivity contribution in [1.29, 1.82) is 0 Å². The van der Waals surface area contributed by atoms with Crippen molar-refractivity contribution in [2.45, 2.75) is 32.2 Å². The van der Waals surface area contributed by atoms with Gasteiger partial charge in [-0.25, -0.2) is 13.8 Å². The van der Waals surface area contributed by atoms with Crippen LogP contribution in [-0.4, -0.2) is 36.4 Å². The average Bonchev–Trinajstić information content (AvgIpc) is 2.75. The van der Waals surface area contributed by atoms with Crippen molar-refractivity contribution in [2.24, 2.45) is 5.10 Å². The number of hydrogen-bond donors (Lipinski definition) is 1. The second kappa shape index (κ2) is 11.1. The van der Waals surface area contributed by atoms with Crippen LogP contribution in [0.4, 0.5) is 0 Å². The molecular formula is C24H24Cl2N4O3S. The van der Waals surface area contributed by atoms with Gasteiger partial charge in [0.1, 0.15) is 0 Å². The Kier molecular flexibility index (Phi) is 8.43. The number of rotatable bonds is 8. The fourth-order valence-corrected chi connectivity index (χ4v) is 5.71. The molecule has 0 radical (unpaired) electrons. The number of hydrogen-bond acceptors (Lipinski definition) is 5. The first-order valence-electron chi connectivity index (χ1n) is 10.3. The molecule has 0 atom stereocenters. The predicted octanol–water partition coefficient (Wildman–Crippen LogP) is 4.65. The van der Waals surface area contributed by atoms with Crippen molar-refractivity contribution in [1.82, 2.24) is 14.7 Å². The van der Waals surface area contributed by atoms with Gasteiger partial charge in [-0.2, -0.15) is 9.41 Å². The number of carbonyl (C=O) groups is 1. The van der Waals surface area contributed by atoms with Crippen molar-refractivity contribution >= 4 is 45.3 Å². The highest BCUT2D eigenvalue weighted by Crippen LogP contribution is 2.28. The van der Waals surface area contributed by atoms with Crippen LogP contribution < -0.4 is 5.43 Å². The molecule has 2 aromatic carbocycles. The van der Waals surface area contributed by atoms with Gasteiger partial charge in [-0.05, 0) is 55.7 Å². The first-order valence-corrected chi connectivity index (χ1v) is 12.5. The molecule has 178 valence electrons. The number of amides is 1. The zero-order chi connectivity index (χ0) is 24.9. The molecule has 0 fully saturated rings. The van der Waals surface area contributed by atoms with Gasteiger partial charge in [0.2, 0.25) is 10.0 Å². The molecule has 0 aliphatic rings. The second-order valence-corrected chi connectivity index (χ2v) is 10.5. The molecule has 1 heterocycles. The highest BCUT2D eigenvalue weighted by Gasteiger charge is 2.30. The minimum Gasteiger partial charge on any atom is -0.272 e. The van der Waals surface area contributed by atoms with Gasteiger partial charge in [0.05, 0.1) is 27.7 Å². The van der Waals surface area contributed by atoms with E-state index in [2.05, 4.69) is 15.5 Å². The summed E-state index contributed by atoms with van der Waals surface area (Å²) in [7, 11) is -4.04. The lowest BCUT2D eigenvalue weighted by Gasteiger charge is -2.24. The minimum absolute atomic E-state index is 0.0777. The Labute approximate surface area is 209 Å². The predicted molar refractivity (Wildman–Crippen MR) is 135 cm³/mol. The molecule has 1 aromatic heterocycles. The summed E-state index contributed by atoms with van der Waals surface area (Å²) in [5, 5.41) is 4.55. The number of benzene rings is 2. The van der Waals surface area contributed by atoms with Gasteiger partial charge in [0.25, 0.3) is 5.91 Å². The number of aromatic nitrogens is 1. The van der Waals surface area contributed by atoms with E-state index in [9.17, 15) is 13.2 Å². The van der Waals surface area contributed by atoms with Crippen LogP contribution in [0.15, 0.2) is 64.9 Å². The van der Waals surface area contributed by atoms with E-state index in [4.69, 9.17) is 23.2 Å². The Bertz CT molecular complexity index is 1310. The van der Waals surface area contributed by atoms with Crippen LogP contribution in [0.1, 0.15) is 27.8 Å². The summed E-state index contributed by atoms with van der Waals surface area (Å²) in [5.74, 6) is -0.591. The number of hydrazone groups is 1. The van der Waals surface area contributed by atoms with E-state index in [1.165, 1.54) is 6.21 Å². The number of carbonyl (C=O) groups excluding carboxylic acids is 1. The molecule has 7 nitrogen and oxygen atoms in total. The van der Waals surface area contributed by atoms with Crippen molar-refractivity contribution in [3.05, 3.63) is 92.7 Å². The Balaban J connectivity index is 1.91. The van der Waals surface area contributed by atoms with Gasteiger partial charge in [-0.15, -0.1) is 0 Å². The molecular weight excluding hydrogens is 495 g/mol. The molecule has 34 heavy (non-hydrogen) atoms. The molecule has 0 saturated carbocycles. The van der Waals surface area contributed by atoms with E-state index in [1.807, 2.05) is 6.92 Å². The number of pyridine rings is 1. The summed E-state index contributed by atoms with van der Waals surface area (Å²) in [6, 6.07) is 12.0. The zero-order valence-electron chi connectivity index (χ0n) is 18.9. The van der Waals surface area contributed by atoms with Crippen LogP contribution >= 0.6 is 23.2 Å². The fourth-order valence-electron chi connectivity index (χ4n) is 3.60. The SMILES string of the molecule is Cc1cc(C)c(S(=O)(=O)N(CC(=O)N/N=C/c2cccnc2)Cc2ccc(Cl)c(Cl)c2)c(C)c1. The Morgan fingerprint density at radius 3 is 2.41 bits per heavy atom. The van der Waals surface area contributed by atoms with Gasteiger partial charge in [0, 0.05) is 24.5 Å². The monoisotopic (exact) mass is 518 g/mol. The van der Waals surface area contributed by atoms with E-state index in [1.54, 1.807) is 68.7 Å². The molecule has 10 heteroatoms. The standard InChI is InChI=1S/C24H24Cl2N4O3S/c1-16-9-17(2)24(18(3)10-16)34(32,33)30(14-19-6-7-21(25)22(26)11-19)15-23(31)29-28-13-20-5-4-8-27-12-20/h4-13H,14-15H2,1-3H3,(H,29,31)/b28-13+. The number of aryl methyl sites for hydroxylation is 3. The smallest absolute Gasteiger partial charge is 0.255 e. The summed E-state index contributed by atoms with van der Waals surface area (Å²) >= 11 is 12.1. The topological polar surface area (TPSA) is 91.7 Å². The maximum absolute atomic E-state index is 13.7. The largest absolute Gasteiger partial charge is 0.272 e. The molecule has 1 amide bonds. The third kappa shape index (κ3) is 6.42. The van der Waals surface area contributed by atoms with E-state index >= 15 is 0 Å². The Morgan fingerprint density at radius 2 is 1.79 bits per heavy atom. The first-order chi connectivity index (χ1) is 16.1. The molecule has 1 N–H and O–H groups in total. The lowest BCUT2D eigenvalue weighted by Crippen LogP contribution is -2.39. The molecule has 0 spiro atoms. The normalized spacial score (nSPS) is 11.8. The molecule has 0 aliphatic heterocycles. The number of nitrogens with zero attached hydrogens (tertiary/aromatic N) is 3. The zero-order valence-corrected chi connectivity index (χ0v) is 21.2. The minimum atomic E-state index is -4.04. The maximum atomic E-state index is 13.7. The van der Waals surface area contributed by atoms with Gasteiger partial charge in [-0.1, -0.05) is 53.0 Å². The summed E-state index contributed by atoms with van der Waals surface area (Å²) in [4.78, 5) is 16.8. The quantitative estimate of drug-likeness (QED) is 0.346. The van der Waals surface area contributed by atoms with Gasteiger partial charge >= 0.3 is 0 Å². The first kappa shape index (κ1) is 25.8. The maximum Gasteiger partial charge on any atom is 0.255 e. The van der Waals surface area contributed by atoms with E-state index in [0.29, 0.717) is 32.3 Å². The third-order valence-electron chi connectivity index (χ3n) is 4.95. The summed E-state index contributed by atoms with van der Waals surface area (Å²) < 4.78 is 28.5. The van der Waals surface area contributed by atoms with Gasteiger partial charge in [-0.3, -0.25) is 9.78 Å². The van der Waals surface area contributed by atoms with Crippen molar-refractivity contribution < 1.29 is 13.2 Å². The van der Waals surface area contributed by atoms with Crippen LogP contribution in [-0.2, 0) is 21.4 Å². The van der Waals surface area contributed by atoms with E-state index in [-0.39, 0.29) is 11.4 Å². The molecule has 0 aliphatic carbocycles. The van der Waals surface area contributed by atoms with E-state index in [0.717, 1.165) is 9.87 Å². The number of halogens is 2. The van der Waals surface area contributed by atoms with Crippen LogP contribution in [0.25, 0.3) is 0 Å². The third-order valence-corrected chi connectivity index (χ3v) is 7.79. The summed E-state index contributed by atoms with van der Waals surface area (Å²) in [6.45, 7) is 4.86. The second-order valence-electron chi connectivity index (χ2n) is 7.83. The van der Waals surface area contributed by atoms with Gasteiger partial charge in [0.15, 0.2) is 0 Å². The van der Waals surface area contributed by atoms with Crippen LogP contribution in [0, 0.1) is 20.8 Å². The van der Waals surface area contributed by atoms with Crippen molar-refractivity contribution in [2.75, 3.05) is 6.54 Å². The molecule has 0 bridgehead atoms. The fraction of sp³-hybridized carbons (Fsp3) is 0.208. The van der Waals surface area contributed by atoms with Crippen LogP contribution in [0.3, 0.4) is 0 Å². The van der Waals surface area contributed by atoms with Gasteiger partial charge < -0.3 is 0 Å². The van der Waals surface area contributed by atoms with Crippen molar-refractivity contribution in [3.8, 4) is 0 Å². The van der Waals surface area contributed by atoms with Crippen LogP contribution in [0.5, 0.6) is 0 Å². The highest BCUT2D eigenvalue weighted by atomic mass is 35.5. The number of nitrogens with one attached hydrogen (secondary N) is 1. The Hall–Kier alpha value is -2.78. The lowest BCUT2D eigenvalue weighted by atomic mass is 10.1. The van der Waals surface area contributed by atoms with Crippen molar-refractivity contribution in [3.63, 3.8) is 0 Å². The molecule has 0 unspecified atom stereocenters. The average molecular weight is 519 g/mol. The number of sulfonamides is 1. The Morgan fingerprint density at radius 1 is 1.09 bits per heavy atom. The lowest BCUT2D eigenvalue weighted by molar-refractivity contribution is -0.121. The summed E-state index contributed by atoms with van der Waals surface area (Å²) in [5.41, 5.74) is 5.82. The molecule has 0 saturated heterocycles. The molecule has 3 aromatic rings. The highest BCUT2D eigenvalue weighted by molar-refractivity contribution is 7.89. The van der Waals surface area contributed by atoms with E-state index < -0.39 is 22.5 Å². The molecule has 3 rings (SSSR count).